The monoisotopic (exact) mass is 348 g/mol. The maximum absolute atomic E-state index is 14.0. The van der Waals surface area contributed by atoms with Crippen LogP contribution in [0, 0.1) is 23.6 Å². The van der Waals surface area contributed by atoms with Crippen LogP contribution in [0.1, 0.15) is 67.3 Å². The predicted octanol–water partition coefficient (Wildman–Crippen LogP) is 4.03. The van der Waals surface area contributed by atoms with E-state index < -0.39 is 11.7 Å². The lowest BCUT2D eigenvalue weighted by Gasteiger charge is -2.39. The van der Waals surface area contributed by atoms with E-state index in [0.29, 0.717) is 12.1 Å². The fourth-order valence-electron chi connectivity index (χ4n) is 4.74. The summed E-state index contributed by atoms with van der Waals surface area (Å²) in [6.45, 7) is 1.35. The first-order valence-electron chi connectivity index (χ1n) is 9.59. The molecule has 2 fully saturated rings. The molecule has 0 radical (unpaired) electrons. The van der Waals surface area contributed by atoms with Gasteiger partial charge >= 0.3 is 0 Å². The summed E-state index contributed by atoms with van der Waals surface area (Å²) in [7, 11) is 0. The number of hydroxylamine groups is 1. The Bertz CT molecular complexity index is 581. The van der Waals surface area contributed by atoms with E-state index in [9.17, 15) is 9.18 Å². The lowest BCUT2D eigenvalue weighted by molar-refractivity contribution is 0.0706. The average molecular weight is 348 g/mol. The molecule has 1 aromatic carbocycles. The van der Waals surface area contributed by atoms with Crippen molar-refractivity contribution in [2.75, 3.05) is 6.54 Å². The lowest BCUT2D eigenvalue weighted by atomic mass is 9.67. The average Bonchev–Trinajstić information content (AvgIpc) is 2.61. The van der Waals surface area contributed by atoms with E-state index in [-0.39, 0.29) is 5.56 Å². The first-order valence-corrected chi connectivity index (χ1v) is 9.59. The number of benzene rings is 1. The van der Waals surface area contributed by atoms with Crippen molar-refractivity contribution in [2.24, 2.45) is 17.8 Å². The van der Waals surface area contributed by atoms with Gasteiger partial charge in [-0.05, 0) is 68.5 Å². The Morgan fingerprint density at radius 1 is 1.20 bits per heavy atom. The van der Waals surface area contributed by atoms with Crippen LogP contribution >= 0.6 is 0 Å². The van der Waals surface area contributed by atoms with Crippen LogP contribution < -0.4 is 10.8 Å². The number of hydrogen-bond acceptors (Lipinski definition) is 3. The van der Waals surface area contributed by atoms with Crippen LogP contribution in [0.4, 0.5) is 4.39 Å². The van der Waals surface area contributed by atoms with Gasteiger partial charge in [0.15, 0.2) is 0 Å². The van der Waals surface area contributed by atoms with Crippen molar-refractivity contribution < 1.29 is 14.4 Å². The molecule has 138 valence electrons. The standard InChI is InChI=1S/C20H29FN2O2/c21-19-12-17(20(24)23-25)6-7-18(19)13-22-8-2-5-16-10-14-3-1-4-15(9-14)11-16/h6-7,12,14-16,22,25H,1-5,8-11,13H2,(H,23,24). The molecule has 1 amide bonds. The number of fused-ring (bicyclic) bond motifs is 2. The second-order valence-electron chi connectivity index (χ2n) is 7.80. The summed E-state index contributed by atoms with van der Waals surface area (Å²) in [5, 5.41) is 11.9. The van der Waals surface area contributed by atoms with E-state index in [1.807, 2.05) is 0 Å². The summed E-state index contributed by atoms with van der Waals surface area (Å²) in [6, 6.07) is 4.27. The fraction of sp³-hybridized carbons (Fsp3) is 0.650. The topological polar surface area (TPSA) is 61.4 Å². The molecular formula is C20H29FN2O2. The van der Waals surface area contributed by atoms with Crippen molar-refractivity contribution >= 4 is 5.91 Å². The zero-order valence-electron chi connectivity index (χ0n) is 14.8. The number of nitrogens with one attached hydrogen (secondary N) is 2. The minimum Gasteiger partial charge on any atom is -0.313 e. The molecule has 0 saturated heterocycles. The summed E-state index contributed by atoms with van der Waals surface area (Å²) in [6.07, 6.45) is 11.0. The van der Waals surface area contributed by atoms with Crippen molar-refractivity contribution in [3.63, 3.8) is 0 Å². The molecule has 2 atom stereocenters. The maximum Gasteiger partial charge on any atom is 0.274 e. The Morgan fingerprint density at radius 2 is 1.96 bits per heavy atom. The molecule has 2 saturated carbocycles. The second-order valence-corrected chi connectivity index (χ2v) is 7.80. The van der Waals surface area contributed by atoms with Gasteiger partial charge in [0, 0.05) is 17.7 Å². The van der Waals surface area contributed by atoms with Gasteiger partial charge in [-0.3, -0.25) is 10.0 Å². The van der Waals surface area contributed by atoms with Gasteiger partial charge in [0.25, 0.3) is 5.91 Å². The smallest absolute Gasteiger partial charge is 0.274 e. The van der Waals surface area contributed by atoms with Gasteiger partial charge in [-0.15, -0.1) is 0 Å². The highest BCUT2D eigenvalue weighted by Crippen LogP contribution is 2.43. The Balaban J connectivity index is 1.36. The molecule has 0 aliphatic heterocycles. The van der Waals surface area contributed by atoms with Crippen molar-refractivity contribution in [1.29, 1.82) is 0 Å². The van der Waals surface area contributed by atoms with Gasteiger partial charge in [0.1, 0.15) is 5.82 Å². The number of rotatable bonds is 7. The Morgan fingerprint density at radius 3 is 2.64 bits per heavy atom. The molecule has 2 bridgehead atoms. The van der Waals surface area contributed by atoms with Crippen LogP contribution in [0.2, 0.25) is 0 Å². The summed E-state index contributed by atoms with van der Waals surface area (Å²) < 4.78 is 14.0. The Hall–Kier alpha value is -1.46. The molecule has 2 aliphatic rings. The maximum atomic E-state index is 14.0. The first kappa shape index (κ1) is 18.3. The van der Waals surface area contributed by atoms with E-state index in [1.165, 1.54) is 56.5 Å². The van der Waals surface area contributed by atoms with Crippen molar-refractivity contribution in [3.05, 3.63) is 35.1 Å². The first-order chi connectivity index (χ1) is 12.2. The van der Waals surface area contributed by atoms with Crippen LogP contribution in [-0.4, -0.2) is 17.7 Å². The molecule has 2 aliphatic carbocycles. The third kappa shape index (κ3) is 5.02. The largest absolute Gasteiger partial charge is 0.313 e. The van der Waals surface area contributed by atoms with Crippen molar-refractivity contribution in [2.45, 2.75) is 57.9 Å². The third-order valence-electron chi connectivity index (χ3n) is 5.92. The molecule has 3 N–H and O–H groups in total. The SMILES string of the molecule is O=C(NO)c1ccc(CNCCCC2CC3CCCC(C2)C3)c(F)c1. The molecule has 4 nitrogen and oxygen atoms in total. The minimum atomic E-state index is -0.698. The molecule has 0 heterocycles. The Kier molecular flexibility index (Phi) is 6.43. The van der Waals surface area contributed by atoms with Gasteiger partial charge in [0.2, 0.25) is 0 Å². The molecular weight excluding hydrogens is 319 g/mol. The lowest BCUT2D eigenvalue weighted by Crippen LogP contribution is -2.27. The van der Waals surface area contributed by atoms with E-state index in [0.717, 1.165) is 36.8 Å². The third-order valence-corrected chi connectivity index (χ3v) is 5.92. The van der Waals surface area contributed by atoms with Gasteiger partial charge < -0.3 is 5.32 Å². The van der Waals surface area contributed by atoms with E-state index >= 15 is 0 Å². The zero-order chi connectivity index (χ0) is 17.6. The molecule has 1 aromatic rings. The Labute approximate surface area is 149 Å². The summed E-state index contributed by atoms with van der Waals surface area (Å²) in [5.74, 6) is 1.73. The number of amides is 1. The zero-order valence-corrected chi connectivity index (χ0v) is 14.8. The minimum absolute atomic E-state index is 0.117. The van der Waals surface area contributed by atoms with Crippen molar-refractivity contribution in [3.8, 4) is 0 Å². The molecule has 25 heavy (non-hydrogen) atoms. The summed E-state index contributed by atoms with van der Waals surface area (Å²) in [4.78, 5) is 11.3. The van der Waals surface area contributed by atoms with E-state index in [1.54, 1.807) is 6.07 Å². The van der Waals surface area contributed by atoms with E-state index in [2.05, 4.69) is 5.32 Å². The fourth-order valence-corrected chi connectivity index (χ4v) is 4.74. The van der Waals surface area contributed by atoms with Gasteiger partial charge in [-0.2, -0.15) is 0 Å². The highest BCUT2D eigenvalue weighted by Gasteiger charge is 2.31. The van der Waals surface area contributed by atoms with Crippen LogP contribution in [0.5, 0.6) is 0 Å². The summed E-state index contributed by atoms with van der Waals surface area (Å²) in [5.41, 5.74) is 2.17. The molecule has 3 rings (SSSR count). The normalized spacial score (nSPS) is 25.6. The highest BCUT2D eigenvalue weighted by molar-refractivity contribution is 5.93. The van der Waals surface area contributed by atoms with Crippen LogP contribution in [0.15, 0.2) is 18.2 Å². The molecule has 5 heteroatoms. The molecule has 0 spiro atoms. The van der Waals surface area contributed by atoms with Gasteiger partial charge in [-0.1, -0.05) is 25.3 Å². The number of hydrogen-bond donors (Lipinski definition) is 3. The van der Waals surface area contributed by atoms with Crippen molar-refractivity contribution in [1.82, 2.24) is 10.8 Å². The summed E-state index contributed by atoms with van der Waals surface area (Å²) >= 11 is 0. The van der Waals surface area contributed by atoms with Crippen LogP contribution in [0.25, 0.3) is 0 Å². The second kappa shape index (κ2) is 8.77. The van der Waals surface area contributed by atoms with E-state index in [4.69, 9.17) is 5.21 Å². The van der Waals surface area contributed by atoms with Gasteiger partial charge in [-0.25, -0.2) is 9.87 Å². The molecule has 2 unspecified atom stereocenters. The predicted molar refractivity (Wildman–Crippen MR) is 94.8 cm³/mol. The number of halogens is 1. The van der Waals surface area contributed by atoms with Gasteiger partial charge in [0.05, 0.1) is 0 Å². The quantitative estimate of drug-likeness (QED) is 0.396. The van der Waals surface area contributed by atoms with Crippen LogP contribution in [0.3, 0.4) is 0 Å². The molecule has 0 aromatic heterocycles. The number of carbonyl (C=O) groups excluding carboxylic acids is 1. The number of carbonyl (C=O) groups is 1. The van der Waals surface area contributed by atoms with Crippen LogP contribution in [-0.2, 0) is 6.54 Å². The highest BCUT2D eigenvalue weighted by atomic mass is 19.1.